The maximum atomic E-state index is 11.6. The number of hydrogen-bond acceptors (Lipinski definition) is 6. The summed E-state index contributed by atoms with van der Waals surface area (Å²) in [5.41, 5.74) is 2.68. The Labute approximate surface area is 158 Å². The Hall–Kier alpha value is -2.52. The van der Waals surface area contributed by atoms with Crippen molar-refractivity contribution in [1.82, 2.24) is 24.1 Å². The fraction of sp³-hybridized carbons (Fsp3) is 0.389. The van der Waals surface area contributed by atoms with E-state index in [4.69, 9.17) is 4.98 Å². The number of nitrogens with one attached hydrogen (secondary N) is 1. The number of aromatic nitrogens is 4. The highest BCUT2D eigenvalue weighted by Crippen LogP contribution is 2.26. The summed E-state index contributed by atoms with van der Waals surface area (Å²) in [6.07, 6.45) is 6.44. The summed E-state index contributed by atoms with van der Waals surface area (Å²) < 4.78 is 26.6. The second kappa shape index (κ2) is 6.90. The molecule has 3 aromatic rings. The summed E-state index contributed by atoms with van der Waals surface area (Å²) in [4.78, 5) is 9.15. The molecule has 0 atom stereocenters. The van der Waals surface area contributed by atoms with Crippen molar-refractivity contribution >= 4 is 26.9 Å². The molecule has 2 aromatic heterocycles. The van der Waals surface area contributed by atoms with Crippen molar-refractivity contribution in [3.8, 4) is 11.3 Å². The number of benzene rings is 1. The number of fused-ring (bicyclic) bond motifs is 1. The van der Waals surface area contributed by atoms with Gasteiger partial charge in [0.2, 0.25) is 16.0 Å². The van der Waals surface area contributed by atoms with Crippen LogP contribution in [-0.2, 0) is 17.1 Å². The van der Waals surface area contributed by atoms with E-state index < -0.39 is 10.0 Å². The van der Waals surface area contributed by atoms with Gasteiger partial charge in [-0.15, -0.1) is 0 Å². The molecular formula is C18H22N6O2S. The van der Waals surface area contributed by atoms with Crippen LogP contribution in [0.4, 0.5) is 5.95 Å². The molecule has 1 N–H and O–H groups in total. The minimum absolute atomic E-state index is 0.155. The summed E-state index contributed by atoms with van der Waals surface area (Å²) in [7, 11) is -1.23. The number of nitrogens with zero attached hydrogens (tertiary/aromatic N) is 5. The van der Waals surface area contributed by atoms with E-state index in [1.807, 2.05) is 43.7 Å². The van der Waals surface area contributed by atoms with E-state index in [9.17, 15) is 8.42 Å². The first kappa shape index (κ1) is 17.9. The van der Waals surface area contributed by atoms with Gasteiger partial charge in [0.15, 0.2) is 0 Å². The third kappa shape index (κ3) is 3.79. The molecule has 1 saturated heterocycles. The predicted octanol–water partition coefficient (Wildman–Crippen LogP) is 1.87. The zero-order valence-electron chi connectivity index (χ0n) is 15.3. The third-order valence-electron chi connectivity index (χ3n) is 4.86. The Morgan fingerprint density at radius 2 is 1.96 bits per heavy atom. The first-order valence-electron chi connectivity index (χ1n) is 8.87. The molecule has 9 heteroatoms. The highest BCUT2D eigenvalue weighted by atomic mass is 32.2. The van der Waals surface area contributed by atoms with Gasteiger partial charge in [-0.3, -0.25) is 4.68 Å². The van der Waals surface area contributed by atoms with Gasteiger partial charge in [0, 0.05) is 49.5 Å². The van der Waals surface area contributed by atoms with Crippen molar-refractivity contribution < 1.29 is 8.42 Å². The number of sulfonamides is 1. The lowest BCUT2D eigenvalue weighted by molar-refractivity contribution is 0.331. The van der Waals surface area contributed by atoms with Crippen LogP contribution in [0.5, 0.6) is 0 Å². The van der Waals surface area contributed by atoms with Crippen LogP contribution >= 0.6 is 0 Å². The summed E-state index contributed by atoms with van der Waals surface area (Å²) in [6.45, 7) is 1.03. The van der Waals surface area contributed by atoms with Crippen molar-refractivity contribution in [3.63, 3.8) is 0 Å². The van der Waals surface area contributed by atoms with Gasteiger partial charge in [-0.05, 0) is 18.9 Å². The Bertz CT molecular complexity index is 1070. The van der Waals surface area contributed by atoms with Gasteiger partial charge in [-0.1, -0.05) is 18.2 Å². The minimum atomic E-state index is -3.12. The molecule has 0 saturated carbocycles. The van der Waals surface area contributed by atoms with Crippen LogP contribution in [0.2, 0.25) is 0 Å². The molecule has 1 aliphatic rings. The molecule has 8 nitrogen and oxygen atoms in total. The highest BCUT2D eigenvalue weighted by molar-refractivity contribution is 7.88. The van der Waals surface area contributed by atoms with E-state index in [0.29, 0.717) is 19.0 Å². The van der Waals surface area contributed by atoms with Crippen LogP contribution in [0.1, 0.15) is 12.8 Å². The summed E-state index contributed by atoms with van der Waals surface area (Å²) in [5, 5.41) is 8.79. The van der Waals surface area contributed by atoms with Gasteiger partial charge in [0.05, 0.1) is 17.5 Å². The molecule has 27 heavy (non-hydrogen) atoms. The van der Waals surface area contributed by atoms with Gasteiger partial charge >= 0.3 is 0 Å². The smallest absolute Gasteiger partial charge is 0.223 e. The summed E-state index contributed by atoms with van der Waals surface area (Å²) in [6, 6.07) is 8.08. The van der Waals surface area contributed by atoms with E-state index in [0.717, 1.165) is 35.0 Å². The second-order valence-electron chi connectivity index (χ2n) is 6.89. The Kier molecular flexibility index (Phi) is 4.56. The third-order valence-corrected chi connectivity index (χ3v) is 6.16. The molecule has 142 valence electrons. The molecule has 0 bridgehead atoms. The molecule has 4 rings (SSSR count). The number of hydrogen-bond donors (Lipinski definition) is 1. The van der Waals surface area contributed by atoms with E-state index in [1.165, 1.54) is 10.6 Å². The van der Waals surface area contributed by atoms with E-state index >= 15 is 0 Å². The molecular weight excluding hydrogens is 364 g/mol. The number of aryl methyl sites for hydroxylation is 1. The monoisotopic (exact) mass is 386 g/mol. The number of piperidine rings is 1. The first-order chi connectivity index (χ1) is 12.9. The van der Waals surface area contributed by atoms with Gasteiger partial charge in [0.1, 0.15) is 0 Å². The Balaban J connectivity index is 1.57. The quantitative estimate of drug-likeness (QED) is 0.736. The number of anilines is 1. The van der Waals surface area contributed by atoms with Crippen LogP contribution < -0.4 is 5.32 Å². The van der Waals surface area contributed by atoms with Crippen LogP contribution in [0.25, 0.3) is 22.2 Å². The first-order valence-corrected chi connectivity index (χ1v) is 10.7. The topological polar surface area (TPSA) is 93.0 Å². The van der Waals surface area contributed by atoms with E-state index in [-0.39, 0.29) is 6.04 Å². The van der Waals surface area contributed by atoms with Crippen LogP contribution in [-0.4, -0.2) is 57.9 Å². The average molecular weight is 386 g/mol. The van der Waals surface area contributed by atoms with Crippen molar-refractivity contribution in [2.75, 3.05) is 24.7 Å². The van der Waals surface area contributed by atoms with Gasteiger partial charge in [-0.25, -0.2) is 22.7 Å². The molecule has 0 unspecified atom stereocenters. The van der Waals surface area contributed by atoms with Gasteiger partial charge < -0.3 is 5.32 Å². The lowest BCUT2D eigenvalue weighted by Gasteiger charge is -2.30. The maximum Gasteiger partial charge on any atom is 0.223 e. The molecule has 0 aliphatic carbocycles. The zero-order chi connectivity index (χ0) is 19.0. The molecule has 0 radical (unpaired) electrons. The van der Waals surface area contributed by atoms with Crippen molar-refractivity contribution in [3.05, 3.63) is 36.7 Å². The zero-order valence-corrected chi connectivity index (χ0v) is 16.1. The highest BCUT2D eigenvalue weighted by Gasteiger charge is 2.25. The fourth-order valence-corrected chi connectivity index (χ4v) is 4.28. The molecule has 3 heterocycles. The Morgan fingerprint density at radius 1 is 1.19 bits per heavy atom. The number of rotatable bonds is 4. The van der Waals surface area contributed by atoms with Crippen LogP contribution in [0, 0.1) is 0 Å². The van der Waals surface area contributed by atoms with E-state index in [2.05, 4.69) is 15.4 Å². The normalized spacial score (nSPS) is 16.7. The summed E-state index contributed by atoms with van der Waals surface area (Å²) >= 11 is 0. The molecule has 1 aromatic carbocycles. The van der Waals surface area contributed by atoms with Crippen LogP contribution in [0.3, 0.4) is 0 Å². The number of para-hydroxylation sites is 1. The molecule has 1 aliphatic heterocycles. The standard InChI is InChI=1S/C18H22N6O2S/c1-23-9-8-16(22-23)15-5-3-4-13-12-19-18(21-17(13)15)20-14-6-10-24(11-7-14)27(2,25)26/h3-5,8-9,12,14H,6-7,10-11H2,1-2H3,(H,19,20,21). The van der Waals surface area contributed by atoms with Gasteiger partial charge in [0.25, 0.3) is 0 Å². The average Bonchev–Trinajstić information content (AvgIpc) is 3.07. The van der Waals surface area contributed by atoms with Gasteiger partial charge in [-0.2, -0.15) is 5.10 Å². The van der Waals surface area contributed by atoms with Crippen LogP contribution in [0.15, 0.2) is 36.7 Å². The Morgan fingerprint density at radius 3 is 2.63 bits per heavy atom. The fourth-order valence-electron chi connectivity index (χ4n) is 3.41. The van der Waals surface area contributed by atoms with E-state index in [1.54, 1.807) is 4.68 Å². The summed E-state index contributed by atoms with van der Waals surface area (Å²) in [5.74, 6) is 0.559. The SMILES string of the molecule is Cn1ccc(-c2cccc3cnc(NC4CCN(S(C)(=O)=O)CC4)nc23)n1. The predicted molar refractivity (Wildman–Crippen MR) is 105 cm³/mol. The molecule has 0 spiro atoms. The second-order valence-corrected chi connectivity index (χ2v) is 8.87. The van der Waals surface area contributed by atoms with Crippen molar-refractivity contribution in [1.29, 1.82) is 0 Å². The molecule has 0 amide bonds. The lowest BCUT2D eigenvalue weighted by Crippen LogP contribution is -2.42. The lowest BCUT2D eigenvalue weighted by atomic mass is 10.1. The maximum absolute atomic E-state index is 11.6. The minimum Gasteiger partial charge on any atom is -0.351 e. The van der Waals surface area contributed by atoms with Crippen molar-refractivity contribution in [2.45, 2.75) is 18.9 Å². The largest absolute Gasteiger partial charge is 0.351 e. The van der Waals surface area contributed by atoms with Crippen molar-refractivity contribution in [2.24, 2.45) is 7.05 Å². The molecule has 1 fully saturated rings.